The van der Waals surface area contributed by atoms with Gasteiger partial charge in [-0.05, 0) is 80.0 Å². The van der Waals surface area contributed by atoms with Crippen LogP contribution in [0.2, 0.25) is 0 Å². The molecule has 0 aromatic carbocycles. The molecule has 36 heavy (non-hydrogen) atoms. The van der Waals surface area contributed by atoms with Gasteiger partial charge in [-0.25, -0.2) is 8.42 Å². The van der Waals surface area contributed by atoms with Crippen molar-refractivity contribution in [3.8, 4) is 0 Å². The number of fused-ring (bicyclic) bond motifs is 1. The fourth-order valence-corrected chi connectivity index (χ4v) is 10.2. The van der Waals surface area contributed by atoms with Gasteiger partial charge in [0, 0.05) is 18.3 Å². The summed E-state index contributed by atoms with van der Waals surface area (Å²) in [5.41, 5.74) is -2.47. The van der Waals surface area contributed by atoms with Crippen LogP contribution in [0.4, 0.5) is 0 Å². The molecule has 2 N–H and O–H groups in total. The Morgan fingerprint density at radius 1 is 1.11 bits per heavy atom. The molecule has 0 unspecified atom stereocenters. The Labute approximate surface area is 239 Å². The molecule has 200 valence electrons. The second kappa shape index (κ2) is 9.84. The molecule has 1 spiro atoms. The maximum atomic E-state index is 11.9. The second-order valence-corrected chi connectivity index (χ2v) is 14.2. The van der Waals surface area contributed by atoms with Gasteiger partial charge in [-0.15, -0.1) is 0 Å². The molecular weight excluding hydrogens is 491 g/mol. The summed E-state index contributed by atoms with van der Waals surface area (Å²) in [6.45, 7) is 9.63. The Bertz CT molecular complexity index is 971. The van der Waals surface area contributed by atoms with Gasteiger partial charge in [0.25, 0.3) is 0 Å². The zero-order chi connectivity index (χ0) is 25.4. The molecule has 2 bridgehead atoms. The Hall–Kier alpha value is 0.490. The number of allylic oxidation sites excluding steroid dienone is 2. The molecule has 1 aliphatic heterocycles. The van der Waals surface area contributed by atoms with E-state index in [2.05, 4.69) is 39.8 Å². The summed E-state index contributed by atoms with van der Waals surface area (Å²) >= 11 is 0. The molecule has 5 aliphatic rings. The summed E-state index contributed by atoms with van der Waals surface area (Å²) in [6.07, 6.45) is 9.30. The number of rotatable bonds is 6. The van der Waals surface area contributed by atoms with Crippen LogP contribution in [0.25, 0.3) is 0 Å². The first-order valence-electron chi connectivity index (χ1n) is 13.6. The van der Waals surface area contributed by atoms with E-state index in [1.54, 1.807) is 0 Å². The van der Waals surface area contributed by atoms with E-state index >= 15 is 0 Å². The summed E-state index contributed by atoms with van der Waals surface area (Å²) in [5, 5.41) is 23.3. The predicted molar refractivity (Wildman–Crippen MR) is 130 cm³/mol. The third-order valence-electron chi connectivity index (χ3n) is 11.1. The van der Waals surface area contributed by atoms with Gasteiger partial charge in [0.1, 0.15) is 5.60 Å². The van der Waals surface area contributed by atoms with E-state index in [1.165, 1.54) is 0 Å². The van der Waals surface area contributed by atoms with Gasteiger partial charge in [0.2, 0.25) is 10.4 Å². The van der Waals surface area contributed by atoms with Crippen LogP contribution < -0.4 is 29.6 Å². The molecule has 0 radical (unpaired) electrons. The average molecular weight is 535 g/mol. The van der Waals surface area contributed by atoms with Crippen molar-refractivity contribution in [3.63, 3.8) is 0 Å². The van der Waals surface area contributed by atoms with Gasteiger partial charge < -0.3 is 19.5 Å². The zero-order valence-corrected chi connectivity index (χ0v) is 25.4. The number of aliphatic hydroxyl groups excluding tert-OH is 1. The van der Waals surface area contributed by atoms with E-state index in [-0.39, 0.29) is 47.3 Å². The van der Waals surface area contributed by atoms with Gasteiger partial charge in [0.05, 0.1) is 24.4 Å². The van der Waals surface area contributed by atoms with Gasteiger partial charge in [-0.3, -0.25) is 4.18 Å². The van der Waals surface area contributed by atoms with Gasteiger partial charge >= 0.3 is 29.6 Å². The Morgan fingerprint density at radius 2 is 1.83 bits per heavy atom. The molecule has 5 rings (SSSR count). The van der Waals surface area contributed by atoms with Crippen molar-refractivity contribution in [2.24, 2.45) is 40.4 Å². The molecule has 4 aliphatic carbocycles. The standard InChI is InChI=1S/C27H44O7S.Na/c1-17(2)6-5-7-18(3)20-8-9-21-24(20,4)12-11-22-25-13-10-19(34-35(30,31)32)14-27(25,29)23(28)15-26(21,22)33-16-25;/h5,7,17-23,28-29H,6,8-16H2,1-4H3,(H,30,31,32);/q;+1/p-1/b7-5+;/t18-,19+,20-,21-,22-,23-,24-,25+,26-,27+;/m1./s1. The van der Waals surface area contributed by atoms with Crippen LogP contribution >= 0.6 is 0 Å². The third kappa shape index (κ3) is 4.33. The van der Waals surface area contributed by atoms with Gasteiger partial charge in [-0.1, -0.05) is 39.8 Å². The summed E-state index contributed by atoms with van der Waals surface area (Å²) in [6, 6.07) is 0. The molecule has 4 saturated carbocycles. The molecule has 9 heteroatoms. The maximum absolute atomic E-state index is 11.9. The summed E-state index contributed by atoms with van der Waals surface area (Å²) in [4.78, 5) is 0. The fourth-order valence-electron chi connectivity index (χ4n) is 9.73. The molecule has 0 amide bonds. The first-order chi connectivity index (χ1) is 16.3. The van der Waals surface area contributed by atoms with Crippen LogP contribution in [0.5, 0.6) is 0 Å². The number of hydrogen-bond donors (Lipinski definition) is 2. The molecule has 0 aromatic rings. The van der Waals surface area contributed by atoms with Crippen LogP contribution in [0.1, 0.15) is 85.5 Å². The fraction of sp³-hybridized carbons (Fsp3) is 0.926. The maximum Gasteiger partial charge on any atom is 1.00 e. The minimum Gasteiger partial charge on any atom is -0.726 e. The quantitative estimate of drug-likeness (QED) is 0.226. The van der Waals surface area contributed by atoms with Gasteiger partial charge in [-0.2, -0.15) is 0 Å². The Morgan fingerprint density at radius 3 is 2.50 bits per heavy atom. The summed E-state index contributed by atoms with van der Waals surface area (Å²) < 4.78 is 45.2. The molecule has 1 saturated heterocycles. The minimum atomic E-state index is -4.87. The predicted octanol–water partition coefficient (Wildman–Crippen LogP) is 0.952. The summed E-state index contributed by atoms with van der Waals surface area (Å²) in [7, 11) is -4.87. The van der Waals surface area contributed by atoms with E-state index < -0.39 is 39.2 Å². The number of aliphatic hydroxyl groups is 2. The normalized spacial score (nSPS) is 48.8. The van der Waals surface area contributed by atoms with Crippen molar-refractivity contribution >= 4 is 10.4 Å². The van der Waals surface area contributed by atoms with E-state index in [0.29, 0.717) is 49.5 Å². The van der Waals surface area contributed by atoms with Crippen LogP contribution in [0.3, 0.4) is 0 Å². The van der Waals surface area contributed by atoms with Crippen molar-refractivity contribution < 1.29 is 61.7 Å². The van der Waals surface area contributed by atoms with Crippen LogP contribution in [0.15, 0.2) is 12.2 Å². The monoisotopic (exact) mass is 534 g/mol. The first-order valence-corrected chi connectivity index (χ1v) is 15.0. The zero-order valence-electron chi connectivity index (χ0n) is 22.6. The molecule has 7 nitrogen and oxygen atoms in total. The van der Waals surface area contributed by atoms with Crippen molar-refractivity contribution in [1.29, 1.82) is 0 Å². The van der Waals surface area contributed by atoms with E-state index in [9.17, 15) is 23.2 Å². The molecule has 1 heterocycles. The molecular formula is C27H43NaO7S. The van der Waals surface area contributed by atoms with Crippen molar-refractivity contribution in [1.82, 2.24) is 0 Å². The topological polar surface area (TPSA) is 116 Å². The molecule has 5 fully saturated rings. The van der Waals surface area contributed by atoms with Gasteiger partial charge in [0.15, 0.2) is 0 Å². The second-order valence-electron chi connectivity index (χ2n) is 13.2. The SMILES string of the molecule is CC(C)C/C=C/[C@@H](C)[C@H]1CC[C@@H]2[C@]1(C)CC[C@H]1[C@@]23C[C@@H](O)[C@@]2(O)C[C@@H](OS(=O)(=O)[O-])CC[C@]12CO3.[Na+]. The van der Waals surface area contributed by atoms with Crippen LogP contribution in [-0.2, 0) is 19.3 Å². The van der Waals surface area contributed by atoms with Crippen LogP contribution in [0, 0.1) is 40.4 Å². The van der Waals surface area contributed by atoms with Crippen molar-refractivity contribution in [3.05, 3.63) is 12.2 Å². The number of ether oxygens (including phenoxy) is 1. The molecule has 0 aromatic heterocycles. The van der Waals surface area contributed by atoms with E-state index in [4.69, 9.17) is 8.92 Å². The van der Waals surface area contributed by atoms with E-state index in [0.717, 1.165) is 32.1 Å². The largest absolute Gasteiger partial charge is 1.00 e. The van der Waals surface area contributed by atoms with Crippen molar-refractivity contribution in [2.75, 3.05) is 6.61 Å². The van der Waals surface area contributed by atoms with Crippen LogP contribution in [-0.4, -0.2) is 53.2 Å². The number of hydrogen-bond acceptors (Lipinski definition) is 7. The Kier molecular flexibility index (Phi) is 8.06. The Balaban J connectivity index is 0.00000304. The third-order valence-corrected chi connectivity index (χ3v) is 11.6. The van der Waals surface area contributed by atoms with E-state index in [1.807, 2.05) is 0 Å². The minimum absolute atomic E-state index is 0. The smallest absolute Gasteiger partial charge is 0.726 e. The van der Waals surface area contributed by atoms with Crippen molar-refractivity contribution in [2.45, 2.75) is 109 Å². The summed E-state index contributed by atoms with van der Waals surface area (Å²) in [5.74, 6) is 2.15. The average Bonchev–Trinajstić information content (AvgIpc) is 3.23. The first kappa shape index (κ1) is 29.5. The molecule has 10 atom stereocenters.